The summed E-state index contributed by atoms with van der Waals surface area (Å²) < 4.78 is 0. The molecule has 0 aromatic heterocycles. The van der Waals surface area contributed by atoms with Crippen molar-refractivity contribution in [3.8, 4) is 0 Å². The number of carbonyl (C=O) groups is 2. The fourth-order valence-corrected chi connectivity index (χ4v) is 1.52. The minimum Gasteiger partial charge on any atom is -0.481 e. The van der Waals surface area contributed by atoms with Gasteiger partial charge in [-0.05, 0) is 27.2 Å². The second-order valence-corrected chi connectivity index (χ2v) is 5.23. The number of nitrogens with zero attached hydrogens (tertiary/aromatic N) is 1. The zero-order valence-electron chi connectivity index (χ0n) is 11.2. The molecule has 5 heteroatoms. The Kier molecular flexibility index (Phi) is 6.16. The third kappa shape index (κ3) is 6.26. The van der Waals surface area contributed by atoms with Crippen LogP contribution in [0.15, 0.2) is 0 Å². The molecule has 17 heavy (non-hydrogen) atoms. The Morgan fingerprint density at radius 3 is 2.24 bits per heavy atom. The molecule has 0 bridgehead atoms. The van der Waals surface area contributed by atoms with Crippen LogP contribution < -0.4 is 5.73 Å². The van der Waals surface area contributed by atoms with Crippen LogP contribution in [0.25, 0.3) is 0 Å². The molecule has 3 N–H and O–H groups in total. The number of rotatable bonds is 6. The monoisotopic (exact) mass is 244 g/mol. The molecule has 0 aliphatic heterocycles. The molecule has 5 nitrogen and oxygen atoms in total. The molecule has 0 saturated heterocycles. The van der Waals surface area contributed by atoms with E-state index in [-0.39, 0.29) is 36.9 Å². The first kappa shape index (κ1) is 15.9. The SMILES string of the molecule is CCC(N)CC(=O)N(CCC(=O)O)C(C)(C)C. The molecule has 0 rings (SSSR count). The lowest BCUT2D eigenvalue weighted by atomic mass is 10.0. The number of carboxylic acids is 1. The quantitative estimate of drug-likeness (QED) is 0.735. The maximum absolute atomic E-state index is 12.0. The second kappa shape index (κ2) is 6.59. The molecule has 0 aromatic rings. The van der Waals surface area contributed by atoms with Crippen LogP contribution in [-0.2, 0) is 9.59 Å². The normalized spacial score (nSPS) is 13.2. The number of amides is 1. The van der Waals surface area contributed by atoms with E-state index in [9.17, 15) is 9.59 Å². The van der Waals surface area contributed by atoms with Gasteiger partial charge in [0.2, 0.25) is 5.91 Å². The van der Waals surface area contributed by atoms with Crippen LogP contribution in [0.1, 0.15) is 47.0 Å². The van der Waals surface area contributed by atoms with Crippen molar-refractivity contribution in [2.45, 2.75) is 58.5 Å². The van der Waals surface area contributed by atoms with Crippen molar-refractivity contribution in [1.29, 1.82) is 0 Å². The highest BCUT2D eigenvalue weighted by atomic mass is 16.4. The highest BCUT2D eigenvalue weighted by Gasteiger charge is 2.27. The Morgan fingerprint density at radius 2 is 1.88 bits per heavy atom. The number of carbonyl (C=O) groups excluding carboxylic acids is 1. The summed E-state index contributed by atoms with van der Waals surface area (Å²) in [5, 5.41) is 8.68. The van der Waals surface area contributed by atoms with Gasteiger partial charge in [-0.3, -0.25) is 9.59 Å². The van der Waals surface area contributed by atoms with E-state index >= 15 is 0 Å². The van der Waals surface area contributed by atoms with Crippen molar-refractivity contribution in [2.75, 3.05) is 6.54 Å². The van der Waals surface area contributed by atoms with E-state index in [2.05, 4.69) is 0 Å². The minimum atomic E-state index is -0.896. The van der Waals surface area contributed by atoms with Crippen LogP contribution in [0.4, 0.5) is 0 Å². The highest BCUT2D eigenvalue weighted by molar-refractivity contribution is 5.78. The molecule has 0 spiro atoms. The number of aliphatic carboxylic acids is 1. The predicted octanol–water partition coefficient (Wildman–Crippen LogP) is 1.22. The predicted molar refractivity (Wildman–Crippen MR) is 66.6 cm³/mol. The number of hydrogen-bond acceptors (Lipinski definition) is 3. The summed E-state index contributed by atoms with van der Waals surface area (Å²) in [4.78, 5) is 24.2. The van der Waals surface area contributed by atoms with Gasteiger partial charge >= 0.3 is 5.97 Å². The van der Waals surface area contributed by atoms with Crippen LogP contribution >= 0.6 is 0 Å². The summed E-state index contributed by atoms with van der Waals surface area (Å²) in [7, 11) is 0. The molecule has 0 aliphatic carbocycles. The molecular weight excluding hydrogens is 220 g/mol. The lowest BCUT2D eigenvalue weighted by molar-refractivity contribution is -0.140. The summed E-state index contributed by atoms with van der Waals surface area (Å²) in [6.07, 6.45) is 0.973. The molecule has 1 atom stereocenters. The van der Waals surface area contributed by atoms with E-state index in [4.69, 9.17) is 10.8 Å². The van der Waals surface area contributed by atoms with Crippen molar-refractivity contribution in [2.24, 2.45) is 5.73 Å². The lowest BCUT2D eigenvalue weighted by Gasteiger charge is -2.36. The summed E-state index contributed by atoms with van der Waals surface area (Å²) in [6, 6.07) is -0.155. The summed E-state index contributed by atoms with van der Waals surface area (Å²) in [5.41, 5.74) is 5.37. The molecule has 1 amide bonds. The van der Waals surface area contributed by atoms with E-state index in [0.717, 1.165) is 6.42 Å². The van der Waals surface area contributed by atoms with Gasteiger partial charge in [-0.25, -0.2) is 0 Å². The van der Waals surface area contributed by atoms with Crippen molar-refractivity contribution in [3.63, 3.8) is 0 Å². The molecule has 0 heterocycles. The number of carboxylic acid groups (broad SMARTS) is 1. The molecule has 0 aliphatic rings. The fraction of sp³-hybridized carbons (Fsp3) is 0.833. The maximum Gasteiger partial charge on any atom is 0.305 e. The van der Waals surface area contributed by atoms with Gasteiger partial charge in [-0.1, -0.05) is 6.92 Å². The van der Waals surface area contributed by atoms with Gasteiger partial charge in [0.15, 0.2) is 0 Å². The first-order valence-corrected chi connectivity index (χ1v) is 5.96. The Bertz CT molecular complexity index is 271. The Balaban J connectivity index is 4.57. The summed E-state index contributed by atoms with van der Waals surface area (Å²) in [6.45, 7) is 7.84. The Labute approximate surface area is 103 Å². The van der Waals surface area contributed by atoms with Crippen molar-refractivity contribution >= 4 is 11.9 Å². The number of nitrogens with two attached hydrogens (primary N) is 1. The van der Waals surface area contributed by atoms with Gasteiger partial charge in [0.1, 0.15) is 0 Å². The molecule has 0 aromatic carbocycles. The van der Waals surface area contributed by atoms with Crippen LogP contribution in [0.3, 0.4) is 0 Å². The molecule has 0 fully saturated rings. The second-order valence-electron chi connectivity index (χ2n) is 5.23. The molecule has 0 radical (unpaired) electrons. The van der Waals surface area contributed by atoms with Crippen LogP contribution in [-0.4, -0.2) is 40.0 Å². The van der Waals surface area contributed by atoms with Gasteiger partial charge in [0.05, 0.1) is 6.42 Å². The smallest absolute Gasteiger partial charge is 0.305 e. The van der Waals surface area contributed by atoms with E-state index in [0.29, 0.717) is 0 Å². The first-order chi connectivity index (χ1) is 7.68. The largest absolute Gasteiger partial charge is 0.481 e. The van der Waals surface area contributed by atoms with E-state index in [1.807, 2.05) is 27.7 Å². The van der Waals surface area contributed by atoms with Crippen molar-refractivity contribution in [1.82, 2.24) is 4.90 Å². The average molecular weight is 244 g/mol. The third-order valence-electron chi connectivity index (χ3n) is 2.62. The zero-order chi connectivity index (χ0) is 13.6. The van der Waals surface area contributed by atoms with Crippen LogP contribution in [0.2, 0.25) is 0 Å². The summed E-state index contributed by atoms with van der Waals surface area (Å²) >= 11 is 0. The van der Waals surface area contributed by atoms with Crippen molar-refractivity contribution < 1.29 is 14.7 Å². The lowest BCUT2D eigenvalue weighted by Crippen LogP contribution is -2.48. The van der Waals surface area contributed by atoms with Gasteiger partial charge in [0.25, 0.3) is 0 Å². The van der Waals surface area contributed by atoms with E-state index in [1.54, 1.807) is 4.90 Å². The van der Waals surface area contributed by atoms with Gasteiger partial charge in [-0.2, -0.15) is 0 Å². The third-order valence-corrected chi connectivity index (χ3v) is 2.62. The fourth-order valence-electron chi connectivity index (χ4n) is 1.52. The Morgan fingerprint density at radius 1 is 1.35 bits per heavy atom. The maximum atomic E-state index is 12.0. The van der Waals surface area contributed by atoms with E-state index in [1.165, 1.54) is 0 Å². The van der Waals surface area contributed by atoms with Crippen LogP contribution in [0, 0.1) is 0 Å². The standard InChI is InChI=1S/C12H24N2O3/c1-5-9(13)8-10(15)14(12(2,3)4)7-6-11(16)17/h9H,5-8,13H2,1-4H3,(H,16,17). The first-order valence-electron chi connectivity index (χ1n) is 5.96. The van der Waals surface area contributed by atoms with Crippen LogP contribution in [0.5, 0.6) is 0 Å². The zero-order valence-corrected chi connectivity index (χ0v) is 11.2. The number of hydrogen-bond donors (Lipinski definition) is 2. The molecule has 100 valence electrons. The van der Waals surface area contributed by atoms with Gasteiger partial charge < -0.3 is 15.7 Å². The van der Waals surface area contributed by atoms with E-state index < -0.39 is 5.97 Å². The Hall–Kier alpha value is -1.10. The van der Waals surface area contributed by atoms with Gasteiger partial charge in [0, 0.05) is 24.5 Å². The highest BCUT2D eigenvalue weighted by Crippen LogP contribution is 2.16. The molecule has 1 unspecified atom stereocenters. The molecular formula is C12H24N2O3. The topological polar surface area (TPSA) is 83.6 Å². The van der Waals surface area contributed by atoms with Gasteiger partial charge in [-0.15, -0.1) is 0 Å². The average Bonchev–Trinajstić information content (AvgIpc) is 2.14. The minimum absolute atomic E-state index is 0.0373. The molecule has 0 saturated carbocycles. The summed E-state index contributed by atoms with van der Waals surface area (Å²) in [5.74, 6) is -0.972. The van der Waals surface area contributed by atoms with Crippen molar-refractivity contribution in [3.05, 3.63) is 0 Å².